The molecule has 0 atom stereocenters. The van der Waals surface area contributed by atoms with Crippen LogP contribution in [0.2, 0.25) is 0 Å². The molecule has 1 aromatic carbocycles. The van der Waals surface area contributed by atoms with Gasteiger partial charge in [0.25, 0.3) is 5.91 Å². The minimum absolute atomic E-state index is 0.0400. The van der Waals surface area contributed by atoms with Crippen LogP contribution in [0.1, 0.15) is 27.3 Å². The maximum atomic E-state index is 13.2. The first-order valence-corrected chi connectivity index (χ1v) is 7.94. The third-order valence-corrected chi connectivity index (χ3v) is 4.91. The Morgan fingerprint density at radius 1 is 1.38 bits per heavy atom. The topological polar surface area (TPSA) is 60.5 Å². The molecule has 0 fully saturated rings. The Balaban J connectivity index is 1.78. The van der Waals surface area contributed by atoms with Crippen molar-refractivity contribution in [3.05, 3.63) is 47.0 Å². The van der Waals surface area contributed by atoms with Crippen LogP contribution in [0.25, 0.3) is 10.9 Å². The molecular formula is C18H19N3O3. The highest BCUT2D eigenvalue weighted by Crippen LogP contribution is 2.30. The Labute approximate surface area is 139 Å². The van der Waals surface area contributed by atoms with Gasteiger partial charge in [0.1, 0.15) is 12.0 Å². The third kappa shape index (κ3) is 2.10. The lowest BCUT2D eigenvalue weighted by Crippen LogP contribution is -2.36. The number of hydrogen-bond donors (Lipinski definition) is 0. The summed E-state index contributed by atoms with van der Waals surface area (Å²) in [7, 11) is 3.62. The lowest BCUT2D eigenvalue weighted by atomic mass is 10.1. The van der Waals surface area contributed by atoms with Crippen molar-refractivity contribution in [3.8, 4) is 5.75 Å². The summed E-state index contributed by atoms with van der Waals surface area (Å²) in [6.07, 6.45) is 2.36. The molecule has 3 aromatic rings. The molecule has 124 valence electrons. The van der Waals surface area contributed by atoms with Crippen LogP contribution in [0.4, 0.5) is 0 Å². The molecule has 24 heavy (non-hydrogen) atoms. The fraction of sp³-hybridized carbons (Fsp3) is 0.333. The molecule has 0 unspecified atom stereocenters. The first-order valence-electron chi connectivity index (χ1n) is 7.94. The van der Waals surface area contributed by atoms with E-state index in [1.807, 2.05) is 37.1 Å². The fourth-order valence-corrected chi connectivity index (χ4v) is 3.42. The van der Waals surface area contributed by atoms with Gasteiger partial charge in [0.15, 0.2) is 0 Å². The number of benzene rings is 1. The number of fused-ring (bicyclic) bond motifs is 2. The minimum Gasteiger partial charge on any atom is -0.497 e. The van der Waals surface area contributed by atoms with E-state index in [1.165, 1.54) is 0 Å². The van der Waals surface area contributed by atoms with Crippen molar-refractivity contribution in [1.29, 1.82) is 0 Å². The molecular weight excluding hydrogens is 306 g/mol. The number of rotatable bonds is 2. The molecule has 0 N–H and O–H groups in total. The second-order valence-corrected chi connectivity index (χ2v) is 6.17. The largest absolute Gasteiger partial charge is 0.497 e. The van der Waals surface area contributed by atoms with Crippen molar-refractivity contribution in [2.75, 3.05) is 13.7 Å². The zero-order chi connectivity index (χ0) is 16.8. The predicted octanol–water partition coefficient (Wildman–Crippen LogP) is 2.68. The summed E-state index contributed by atoms with van der Waals surface area (Å²) in [5, 5.41) is 4.91. The first kappa shape index (κ1) is 14.8. The van der Waals surface area contributed by atoms with Gasteiger partial charge in [-0.05, 0) is 25.1 Å². The number of carbonyl (C=O) groups excluding carboxylic acids is 1. The second kappa shape index (κ2) is 5.40. The lowest BCUT2D eigenvalue weighted by Gasteiger charge is -2.26. The number of nitrogens with zero attached hydrogens (tertiary/aromatic N) is 3. The summed E-state index contributed by atoms with van der Waals surface area (Å²) in [5.74, 6) is 0.792. The van der Waals surface area contributed by atoms with E-state index in [2.05, 4.69) is 9.72 Å². The predicted molar refractivity (Wildman–Crippen MR) is 89.2 cm³/mol. The summed E-state index contributed by atoms with van der Waals surface area (Å²) in [6.45, 7) is 3.17. The van der Waals surface area contributed by atoms with Crippen molar-refractivity contribution in [2.24, 2.45) is 7.05 Å². The fourth-order valence-electron chi connectivity index (χ4n) is 3.42. The van der Waals surface area contributed by atoms with Crippen LogP contribution in [-0.2, 0) is 20.0 Å². The number of ether oxygens (including phenoxy) is 1. The molecule has 3 heterocycles. The molecule has 6 heteroatoms. The molecule has 6 nitrogen and oxygen atoms in total. The van der Waals surface area contributed by atoms with Crippen molar-refractivity contribution in [3.63, 3.8) is 0 Å². The maximum absolute atomic E-state index is 13.2. The van der Waals surface area contributed by atoms with Gasteiger partial charge in [0, 0.05) is 42.2 Å². The summed E-state index contributed by atoms with van der Waals surface area (Å²) < 4.78 is 12.4. The number of methoxy groups -OCH3 is 1. The smallest absolute Gasteiger partial charge is 0.256 e. The van der Waals surface area contributed by atoms with Gasteiger partial charge >= 0.3 is 0 Å². The highest BCUT2D eigenvalue weighted by Gasteiger charge is 2.28. The van der Waals surface area contributed by atoms with Crippen LogP contribution in [0.5, 0.6) is 5.75 Å². The molecule has 0 saturated heterocycles. The Kier molecular flexibility index (Phi) is 3.33. The van der Waals surface area contributed by atoms with Crippen molar-refractivity contribution < 1.29 is 14.1 Å². The Hall–Kier alpha value is -2.76. The summed E-state index contributed by atoms with van der Waals surface area (Å²) >= 11 is 0. The van der Waals surface area contributed by atoms with Gasteiger partial charge in [-0.2, -0.15) is 0 Å². The van der Waals surface area contributed by atoms with Gasteiger partial charge in [0.05, 0.1) is 24.9 Å². The highest BCUT2D eigenvalue weighted by atomic mass is 16.5. The molecule has 1 aliphatic heterocycles. The number of amides is 1. The van der Waals surface area contributed by atoms with Crippen molar-refractivity contribution in [1.82, 2.24) is 14.6 Å². The Morgan fingerprint density at radius 3 is 3.00 bits per heavy atom. The van der Waals surface area contributed by atoms with E-state index in [0.29, 0.717) is 13.1 Å². The molecule has 0 radical (unpaired) electrons. The zero-order valence-corrected chi connectivity index (χ0v) is 14.0. The standard InChI is InChI=1S/C18H19N3O3/c1-11-17(14-8-13(23-3)4-5-16(14)20(11)2)18(22)21-7-6-15-12(9-21)10-24-19-15/h4-5,8,10H,6-7,9H2,1-3H3. The van der Waals surface area contributed by atoms with Gasteiger partial charge in [0.2, 0.25) is 0 Å². The molecule has 1 amide bonds. The second-order valence-electron chi connectivity index (χ2n) is 6.17. The number of aromatic nitrogens is 2. The Bertz CT molecular complexity index is 939. The Morgan fingerprint density at radius 2 is 2.21 bits per heavy atom. The highest BCUT2D eigenvalue weighted by molar-refractivity contribution is 6.08. The van der Waals surface area contributed by atoms with Crippen LogP contribution in [0.15, 0.2) is 29.0 Å². The normalized spacial score (nSPS) is 14.0. The van der Waals surface area contributed by atoms with Gasteiger partial charge in [-0.3, -0.25) is 4.79 Å². The molecule has 0 bridgehead atoms. The quantitative estimate of drug-likeness (QED) is 0.727. The molecule has 1 aliphatic rings. The maximum Gasteiger partial charge on any atom is 0.256 e. The number of aryl methyl sites for hydroxylation is 1. The van der Waals surface area contributed by atoms with Gasteiger partial charge < -0.3 is 18.7 Å². The summed E-state index contributed by atoms with van der Waals surface area (Å²) in [4.78, 5) is 15.1. The summed E-state index contributed by atoms with van der Waals surface area (Å²) in [5.41, 5.74) is 4.67. The van der Waals surface area contributed by atoms with E-state index in [4.69, 9.17) is 9.26 Å². The third-order valence-electron chi connectivity index (χ3n) is 4.91. The van der Waals surface area contributed by atoms with Crippen LogP contribution < -0.4 is 4.74 Å². The summed E-state index contributed by atoms with van der Waals surface area (Å²) in [6, 6.07) is 5.84. The number of hydrogen-bond acceptors (Lipinski definition) is 4. The molecule has 2 aromatic heterocycles. The molecule has 0 spiro atoms. The average Bonchev–Trinajstić information content (AvgIpc) is 3.17. The van der Waals surface area contributed by atoms with Crippen LogP contribution in [0.3, 0.4) is 0 Å². The van der Waals surface area contributed by atoms with Crippen LogP contribution in [0, 0.1) is 6.92 Å². The molecule has 4 rings (SSSR count). The molecule has 0 saturated carbocycles. The van der Waals surface area contributed by atoms with Crippen LogP contribution >= 0.6 is 0 Å². The van der Waals surface area contributed by atoms with Crippen molar-refractivity contribution >= 4 is 16.8 Å². The van der Waals surface area contributed by atoms with Gasteiger partial charge in [-0.1, -0.05) is 5.16 Å². The van der Waals surface area contributed by atoms with E-state index in [9.17, 15) is 4.79 Å². The first-order chi connectivity index (χ1) is 11.6. The van der Waals surface area contributed by atoms with E-state index in [1.54, 1.807) is 13.4 Å². The van der Waals surface area contributed by atoms with E-state index < -0.39 is 0 Å². The molecule has 0 aliphatic carbocycles. The van der Waals surface area contributed by atoms with Crippen molar-refractivity contribution in [2.45, 2.75) is 19.9 Å². The van der Waals surface area contributed by atoms with Crippen LogP contribution in [-0.4, -0.2) is 34.2 Å². The SMILES string of the molecule is COc1ccc2c(c1)c(C(=O)N1CCc3nocc3C1)c(C)n2C. The average molecular weight is 325 g/mol. The monoisotopic (exact) mass is 325 g/mol. The number of carbonyl (C=O) groups is 1. The van der Waals surface area contributed by atoms with E-state index in [0.717, 1.165) is 45.6 Å². The van der Waals surface area contributed by atoms with E-state index in [-0.39, 0.29) is 5.91 Å². The van der Waals surface area contributed by atoms with Gasteiger partial charge in [-0.15, -0.1) is 0 Å². The minimum atomic E-state index is 0.0400. The van der Waals surface area contributed by atoms with Gasteiger partial charge in [-0.25, -0.2) is 0 Å². The lowest BCUT2D eigenvalue weighted by molar-refractivity contribution is 0.0735. The van der Waals surface area contributed by atoms with E-state index >= 15 is 0 Å². The zero-order valence-electron chi connectivity index (χ0n) is 14.0.